The molecule has 102 valence electrons. The number of aliphatic carboxylic acids is 1. The van der Waals surface area contributed by atoms with Gasteiger partial charge in [0.15, 0.2) is 0 Å². The number of carboxylic acids is 1. The molecule has 17 heavy (non-hydrogen) atoms. The Labute approximate surface area is 103 Å². The Morgan fingerprint density at radius 1 is 1.41 bits per heavy atom. The molecule has 0 aromatic rings. The number of hydrogen-bond donors (Lipinski definition) is 2. The first-order valence-corrected chi connectivity index (χ1v) is 5.80. The summed E-state index contributed by atoms with van der Waals surface area (Å²) in [5, 5.41) is 8.88. The molecule has 0 saturated heterocycles. The molecule has 5 nitrogen and oxygen atoms in total. The van der Waals surface area contributed by atoms with Crippen molar-refractivity contribution in [3.8, 4) is 0 Å². The molecule has 0 aliphatic heterocycles. The first kappa shape index (κ1) is 16.4. The predicted octanol–water partition coefficient (Wildman–Crippen LogP) is 1.40. The normalized spacial score (nSPS) is 17.5. The molecule has 3 N–H and O–H groups in total. The third-order valence-electron chi connectivity index (χ3n) is 2.86. The number of ether oxygens (including phenoxy) is 2. The maximum absolute atomic E-state index is 10.8. The summed E-state index contributed by atoms with van der Waals surface area (Å²) in [4.78, 5) is 10.8. The summed E-state index contributed by atoms with van der Waals surface area (Å²) in [6.45, 7) is 7.80. The van der Waals surface area contributed by atoms with E-state index in [1.807, 2.05) is 20.8 Å². The minimum Gasteiger partial charge on any atom is -0.480 e. The summed E-state index contributed by atoms with van der Waals surface area (Å²) >= 11 is 0. The molecule has 0 amide bonds. The fraction of sp³-hybridized carbons (Fsp3) is 0.917. The molecule has 0 aliphatic rings. The highest BCUT2D eigenvalue weighted by molar-refractivity contribution is 5.77. The largest absolute Gasteiger partial charge is 0.480 e. The first-order chi connectivity index (χ1) is 7.60. The second kappa shape index (κ2) is 6.33. The minimum atomic E-state index is -1.24. The van der Waals surface area contributed by atoms with E-state index in [0.717, 1.165) is 6.42 Å². The number of rotatable bonds is 8. The maximum atomic E-state index is 10.8. The Hall–Kier alpha value is -0.650. The average Bonchev–Trinajstić information content (AvgIpc) is 2.16. The van der Waals surface area contributed by atoms with Crippen molar-refractivity contribution in [2.45, 2.75) is 57.8 Å². The lowest BCUT2D eigenvalue weighted by atomic mass is 9.96. The number of carboxylic acid groups (broad SMARTS) is 1. The molecule has 0 aromatic heterocycles. The van der Waals surface area contributed by atoms with Crippen molar-refractivity contribution in [2.24, 2.45) is 5.73 Å². The van der Waals surface area contributed by atoms with Gasteiger partial charge in [0.2, 0.25) is 0 Å². The fourth-order valence-electron chi connectivity index (χ4n) is 1.35. The molecule has 2 atom stereocenters. The monoisotopic (exact) mass is 247 g/mol. The van der Waals surface area contributed by atoms with Crippen LogP contribution < -0.4 is 5.73 Å². The molecule has 0 radical (unpaired) electrons. The molecule has 0 heterocycles. The second-order valence-electron chi connectivity index (χ2n) is 5.32. The third kappa shape index (κ3) is 6.61. The lowest BCUT2D eigenvalue weighted by Crippen LogP contribution is -2.47. The van der Waals surface area contributed by atoms with Gasteiger partial charge in [-0.05, 0) is 34.1 Å². The van der Waals surface area contributed by atoms with Crippen LogP contribution >= 0.6 is 0 Å². The van der Waals surface area contributed by atoms with Gasteiger partial charge in [0.05, 0.1) is 11.7 Å². The van der Waals surface area contributed by atoms with Crippen molar-refractivity contribution in [3.05, 3.63) is 0 Å². The van der Waals surface area contributed by atoms with Crippen molar-refractivity contribution in [3.63, 3.8) is 0 Å². The summed E-state index contributed by atoms with van der Waals surface area (Å²) in [5.41, 5.74) is 4.18. The van der Waals surface area contributed by atoms with Crippen LogP contribution in [0.4, 0.5) is 0 Å². The van der Waals surface area contributed by atoms with Crippen LogP contribution in [0.3, 0.4) is 0 Å². The van der Waals surface area contributed by atoms with Gasteiger partial charge in [-0.3, -0.25) is 4.79 Å². The van der Waals surface area contributed by atoms with Crippen LogP contribution in [0.5, 0.6) is 0 Å². The Balaban J connectivity index is 3.96. The van der Waals surface area contributed by atoms with Crippen molar-refractivity contribution in [1.29, 1.82) is 0 Å². The molecule has 0 aliphatic carbocycles. The van der Waals surface area contributed by atoms with Crippen molar-refractivity contribution >= 4 is 5.97 Å². The molecule has 0 bridgehead atoms. The van der Waals surface area contributed by atoms with Crippen LogP contribution in [-0.2, 0) is 14.3 Å². The summed E-state index contributed by atoms with van der Waals surface area (Å²) < 4.78 is 10.8. The fourth-order valence-corrected chi connectivity index (χ4v) is 1.35. The average molecular weight is 247 g/mol. The van der Waals surface area contributed by atoms with Crippen molar-refractivity contribution < 1.29 is 19.4 Å². The Kier molecular flexibility index (Phi) is 6.09. The zero-order chi connectivity index (χ0) is 13.7. The van der Waals surface area contributed by atoms with Crippen LogP contribution in [0.15, 0.2) is 0 Å². The number of carbonyl (C=O) groups is 1. The highest BCUT2D eigenvalue weighted by Crippen LogP contribution is 2.16. The summed E-state index contributed by atoms with van der Waals surface area (Å²) in [5.74, 6) is -1.01. The summed E-state index contributed by atoms with van der Waals surface area (Å²) in [6.07, 6.45) is 0.853. The molecule has 0 fully saturated rings. The van der Waals surface area contributed by atoms with E-state index in [0.29, 0.717) is 6.61 Å². The molecule has 0 aromatic carbocycles. The summed E-state index contributed by atoms with van der Waals surface area (Å²) in [7, 11) is 1.66. The highest BCUT2D eigenvalue weighted by Gasteiger charge is 2.30. The Bertz CT molecular complexity index is 251. The second-order valence-corrected chi connectivity index (χ2v) is 5.32. The smallest absolute Gasteiger partial charge is 0.323 e. The van der Waals surface area contributed by atoms with Gasteiger partial charge in [-0.1, -0.05) is 0 Å². The van der Waals surface area contributed by atoms with Crippen LogP contribution in [-0.4, -0.2) is 42.0 Å². The van der Waals surface area contributed by atoms with Gasteiger partial charge in [0.25, 0.3) is 0 Å². The zero-order valence-corrected chi connectivity index (χ0v) is 11.4. The van der Waals surface area contributed by atoms with E-state index in [2.05, 4.69) is 0 Å². The molecule has 0 spiro atoms. The maximum Gasteiger partial charge on any atom is 0.323 e. The number of methoxy groups -OCH3 is 1. The topological polar surface area (TPSA) is 81.8 Å². The quantitative estimate of drug-likeness (QED) is 0.677. The van der Waals surface area contributed by atoms with Crippen LogP contribution in [0, 0.1) is 0 Å². The van der Waals surface area contributed by atoms with E-state index >= 15 is 0 Å². The molecular formula is C12H25NO4. The SMILES string of the molecule is COC(C)(C)CCOC(C)CC(C)(N)C(=O)O. The Morgan fingerprint density at radius 3 is 2.35 bits per heavy atom. The van der Waals surface area contributed by atoms with E-state index in [1.54, 1.807) is 7.11 Å². The van der Waals surface area contributed by atoms with E-state index in [-0.39, 0.29) is 18.1 Å². The summed E-state index contributed by atoms with van der Waals surface area (Å²) in [6, 6.07) is 0. The molecule has 0 rings (SSSR count). The van der Waals surface area contributed by atoms with Gasteiger partial charge in [0.1, 0.15) is 5.54 Å². The van der Waals surface area contributed by atoms with Crippen molar-refractivity contribution in [1.82, 2.24) is 0 Å². The molecule has 5 heteroatoms. The van der Waals surface area contributed by atoms with Crippen LogP contribution in [0.2, 0.25) is 0 Å². The van der Waals surface area contributed by atoms with E-state index in [9.17, 15) is 4.79 Å². The predicted molar refractivity (Wildman–Crippen MR) is 66.0 cm³/mol. The van der Waals surface area contributed by atoms with Crippen molar-refractivity contribution in [2.75, 3.05) is 13.7 Å². The van der Waals surface area contributed by atoms with E-state index in [4.69, 9.17) is 20.3 Å². The van der Waals surface area contributed by atoms with Gasteiger partial charge < -0.3 is 20.3 Å². The minimum absolute atomic E-state index is 0.186. The molecular weight excluding hydrogens is 222 g/mol. The highest BCUT2D eigenvalue weighted by atomic mass is 16.5. The van der Waals surface area contributed by atoms with E-state index in [1.165, 1.54) is 6.92 Å². The molecule has 0 saturated carbocycles. The van der Waals surface area contributed by atoms with E-state index < -0.39 is 11.5 Å². The van der Waals surface area contributed by atoms with Crippen LogP contribution in [0.1, 0.15) is 40.5 Å². The lowest BCUT2D eigenvalue weighted by molar-refractivity contribution is -0.144. The zero-order valence-electron chi connectivity index (χ0n) is 11.4. The van der Waals surface area contributed by atoms with Gasteiger partial charge in [0, 0.05) is 20.1 Å². The number of nitrogens with two attached hydrogens (primary N) is 1. The van der Waals surface area contributed by atoms with Gasteiger partial charge in [-0.25, -0.2) is 0 Å². The van der Waals surface area contributed by atoms with Crippen LogP contribution in [0.25, 0.3) is 0 Å². The van der Waals surface area contributed by atoms with Gasteiger partial charge >= 0.3 is 5.97 Å². The Morgan fingerprint density at radius 2 is 1.94 bits per heavy atom. The standard InChI is InChI=1S/C12H25NO4/c1-9(8-12(4,13)10(14)15)17-7-6-11(2,3)16-5/h9H,6-8,13H2,1-5H3,(H,14,15). The van der Waals surface area contributed by atoms with Gasteiger partial charge in [-0.15, -0.1) is 0 Å². The van der Waals surface area contributed by atoms with Gasteiger partial charge in [-0.2, -0.15) is 0 Å². The first-order valence-electron chi connectivity index (χ1n) is 5.80. The molecule has 2 unspecified atom stereocenters. The number of hydrogen-bond acceptors (Lipinski definition) is 4. The third-order valence-corrected chi connectivity index (χ3v) is 2.86. The lowest BCUT2D eigenvalue weighted by Gasteiger charge is -2.26.